The van der Waals surface area contributed by atoms with Gasteiger partial charge in [-0.3, -0.25) is 9.69 Å². The minimum absolute atomic E-state index is 0.131. The summed E-state index contributed by atoms with van der Waals surface area (Å²) < 4.78 is 31.0. The lowest BCUT2D eigenvalue weighted by Gasteiger charge is -2.16. The first-order valence-corrected chi connectivity index (χ1v) is 6.94. The van der Waals surface area contributed by atoms with Crippen LogP contribution in [0.15, 0.2) is 18.2 Å². The molecule has 0 aliphatic carbocycles. The number of nitrogens with one attached hydrogen (secondary N) is 1. The van der Waals surface area contributed by atoms with Crippen LogP contribution >= 0.6 is 0 Å². The summed E-state index contributed by atoms with van der Waals surface area (Å²) in [5, 5.41) is 2.48. The largest absolute Gasteiger partial charge is 0.385 e. The van der Waals surface area contributed by atoms with Gasteiger partial charge in [-0.05, 0) is 45.0 Å². The number of likely N-dealkylation sites (N-methyl/N-ethyl adjacent to an activating group) is 1. The molecule has 0 unspecified atom stereocenters. The maximum Gasteiger partial charge on any atom is 0.238 e. The standard InChI is InChI=1S/C15H22F2N2O2/c1-19(6-4-3-5-7-21-2)11-15(20)18-14-9-12(16)8-13(17)10-14/h8-10H,3-7,11H2,1-2H3,(H,18,20). The third-order valence-corrected chi connectivity index (χ3v) is 2.95. The Morgan fingerprint density at radius 3 is 2.48 bits per heavy atom. The first-order chi connectivity index (χ1) is 10.0. The molecule has 1 N–H and O–H groups in total. The molecule has 0 aliphatic rings. The van der Waals surface area contributed by atoms with Crippen LogP contribution in [0, 0.1) is 11.6 Å². The van der Waals surface area contributed by atoms with E-state index < -0.39 is 11.6 Å². The summed E-state index contributed by atoms with van der Waals surface area (Å²) >= 11 is 0. The normalized spacial score (nSPS) is 10.9. The Morgan fingerprint density at radius 2 is 1.86 bits per heavy atom. The third kappa shape index (κ3) is 7.72. The van der Waals surface area contributed by atoms with E-state index in [2.05, 4.69) is 5.32 Å². The SMILES string of the molecule is COCCCCCN(C)CC(=O)Nc1cc(F)cc(F)c1. The predicted molar refractivity (Wildman–Crippen MR) is 78.2 cm³/mol. The highest BCUT2D eigenvalue weighted by molar-refractivity contribution is 5.92. The van der Waals surface area contributed by atoms with Gasteiger partial charge in [0.1, 0.15) is 11.6 Å². The average molecular weight is 300 g/mol. The molecule has 0 bridgehead atoms. The van der Waals surface area contributed by atoms with Crippen LogP contribution in [0.25, 0.3) is 0 Å². The van der Waals surface area contributed by atoms with Gasteiger partial charge in [0.15, 0.2) is 0 Å². The Bertz CT molecular complexity index is 435. The van der Waals surface area contributed by atoms with Crippen LogP contribution in [-0.4, -0.2) is 44.7 Å². The van der Waals surface area contributed by atoms with E-state index in [-0.39, 0.29) is 18.1 Å². The van der Waals surface area contributed by atoms with Gasteiger partial charge < -0.3 is 10.1 Å². The summed E-state index contributed by atoms with van der Waals surface area (Å²) in [4.78, 5) is 13.6. The summed E-state index contributed by atoms with van der Waals surface area (Å²) in [7, 11) is 3.51. The van der Waals surface area contributed by atoms with Crippen molar-refractivity contribution in [3.05, 3.63) is 29.8 Å². The van der Waals surface area contributed by atoms with E-state index in [1.165, 1.54) is 0 Å². The molecule has 0 atom stereocenters. The Balaban J connectivity index is 2.29. The number of anilines is 1. The Kier molecular flexibility index (Phi) is 7.85. The minimum Gasteiger partial charge on any atom is -0.385 e. The lowest BCUT2D eigenvalue weighted by atomic mass is 10.2. The van der Waals surface area contributed by atoms with E-state index in [1.54, 1.807) is 7.11 Å². The first-order valence-electron chi connectivity index (χ1n) is 6.94. The fraction of sp³-hybridized carbons (Fsp3) is 0.533. The number of hydrogen-bond acceptors (Lipinski definition) is 3. The van der Waals surface area contributed by atoms with Gasteiger partial charge in [0, 0.05) is 25.5 Å². The summed E-state index contributed by atoms with van der Waals surface area (Å²) in [6.07, 6.45) is 3.01. The van der Waals surface area contributed by atoms with Crippen molar-refractivity contribution in [3.63, 3.8) is 0 Å². The summed E-state index contributed by atoms with van der Waals surface area (Å²) in [5.41, 5.74) is 0.131. The van der Waals surface area contributed by atoms with Gasteiger partial charge in [-0.15, -0.1) is 0 Å². The van der Waals surface area contributed by atoms with E-state index >= 15 is 0 Å². The molecule has 4 nitrogen and oxygen atoms in total. The van der Waals surface area contributed by atoms with Crippen LogP contribution in [0.3, 0.4) is 0 Å². The first kappa shape index (κ1) is 17.5. The molecule has 1 rings (SSSR count). The van der Waals surface area contributed by atoms with Gasteiger partial charge in [-0.25, -0.2) is 8.78 Å². The smallest absolute Gasteiger partial charge is 0.238 e. The highest BCUT2D eigenvalue weighted by Gasteiger charge is 2.08. The molecule has 6 heteroatoms. The van der Waals surface area contributed by atoms with Gasteiger partial charge in [0.05, 0.1) is 6.54 Å². The molecule has 1 aromatic rings. The van der Waals surface area contributed by atoms with Crippen molar-refractivity contribution in [3.8, 4) is 0 Å². The molecule has 0 radical (unpaired) electrons. The lowest BCUT2D eigenvalue weighted by molar-refractivity contribution is -0.117. The molecule has 0 saturated carbocycles. The van der Waals surface area contributed by atoms with Crippen molar-refractivity contribution >= 4 is 11.6 Å². The van der Waals surface area contributed by atoms with Crippen LogP contribution in [0.5, 0.6) is 0 Å². The molecular weight excluding hydrogens is 278 g/mol. The van der Waals surface area contributed by atoms with E-state index in [0.717, 1.165) is 50.6 Å². The van der Waals surface area contributed by atoms with Crippen molar-refractivity contribution in [1.29, 1.82) is 0 Å². The molecule has 21 heavy (non-hydrogen) atoms. The zero-order chi connectivity index (χ0) is 15.7. The zero-order valence-corrected chi connectivity index (χ0v) is 12.5. The van der Waals surface area contributed by atoms with E-state index in [4.69, 9.17) is 4.74 Å². The molecule has 0 aliphatic heterocycles. The fourth-order valence-electron chi connectivity index (χ4n) is 1.96. The number of methoxy groups -OCH3 is 1. The predicted octanol–water partition coefficient (Wildman–Crippen LogP) is 2.65. The fourth-order valence-corrected chi connectivity index (χ4v) is 1.96. The van der Waals surface area contributed by atoms with Crippen molar-refractivity contribution in [1.82, 2.24) is 4.90 Å². The highest BCUT2D eigenvalue weighted by atomic mass is 19.1. The van der Waals surface area contributed by atoms with Gasteiger partial charge in [0.2, 0.25) is 5.91 Å². The molecule has 1 amide bonds. The number of carbonyl (C=O) groups is 1. The molecule has 0 heterocycles. The van der Waals surface area contributed by atoms with Crippen molar-refractivity contribution in [2.24, 2.45) is 0 Å². The maximum atomic E-state index is 13.0. The topological polar surface area (TPSA) is 41.6 Å². The number of halogens is 2. The molecule has 118 valence electrons. The number of benzene rings is 1. The molecule has 0 fully saturated rings. The van der Waals surface area contributed by atoms with Gasteiger partial charge in [-0.2, -0.15) is 0 Å². The van der Waals surface area contributed by atoms with Crippen LogP contribution < -0.4 is 5.32 Å². The van der Waals surface area contributed by atoms with E-state index in [9.17, 15) is 13.6 Å². The second kappa shape index (κ2) is 9.41. The van der Waals surface area contributed by atoms with Crippen molar-refractivity contribution in [2.75, 3.05) is 39.2 Å². The Labute approximate surface area is 124 Å². The monoisotopic (exact) mass is 300 g/mol. The highest BCUT2D eigenvalue weighted by Crippen LogP contribution is 2.12. The van der Waals surface area contributed by atoms with Crippen molar-refractivity contribution < 1.29 is 18.3 Å². The molecule has 1 aromatic carbocycles. The molecule has 0 aromatic heterocycles. The van der Waals surface area contributed by atoms with Gasteiger partial charge in [0.25, 0.3) is 0 Å². The van der Waals surface area contributed by atoms with Crippen LogP contribution in [0.2, 0.25) is 0 Å². The quantitative estimate of drug-likeness (QED) is 0.713. The molecule has 0 saturated heterocycles. The number of hydrogen-bond donors (Lipinski definition) is 1. The maximum absolute atomic E-state index is 13.0. The molecular formula is C15H22F2N2O2. The number of nitrogens with zero attached hydrogens (tertiary/aromatic N) is 1. The van der Waals surface area contributed by atoms with E-state index in [1.807, 2.05) is 11.9 Å². The van der Waals surface area contributed by atoms with Gasteiger partial charge in [-0.1, -0.05) is 0 Å². The minimum atomic E-state index is -0.711. The van der Waals surface area contributed by atoms with Crippen molar-refractivity contribution in [2.45, 2.75) is 19.3 Å². The second-order valence-electron chi connectivity index (χ2n) is 5.00. The zero-order valence-electron chi connectivity index (χ0n) is 12.5. The number of ether oxygens (including phenoxy) is 1. The number of amides is 1. The Hall–Kier alpha value is -1.53. The Morgan fingerprint density at radius 1 is 1.19 bits per heavy atom. The van der Waals surface area contributed by atoms with E-state index in [0.29, 0.717) is 0 Å². The van der Waals surface area contributed by atoms with Crippen LogP contribution in [0.4, 0.5) is 14.5 Å². The lowest BCUT2D eigenvalue weighted by Crippen LogP contribution is -2.31. The number of carbonyl (C=O) groups excluding carboxylic acids is 1. The van der Waals surface area contributed by atoms with Crippen LogP contribution in [0.1, 0.15) is 19.3 Å². The summed E-state index contributed by atoms with van der Waals surface area (Å²) in [6.45, 7) is 1.71. The third-order valence-electron chi connectivity index (χ3n) is 2.95. The summed E-state index contributed by atoms with van der Waals surface area (Å²) in [5.74, 6) is -1.71. The number of unbranched alkanes of at least 4 members (excludes halogenated alkanes) is 2. The number of rotatable bonds is 9. The van der Waals surface area contributed by atoms with Gasteiger partial charge >= 0.3 is 0 Å². The van der Waals surface area contributed by atoms with Crippen LogP contribution in [-0.2, 0) is 9.53 Å². The second-order valence-corrected chi connectivity index (χ2v) is 5.00. The molecule has 0 spiro atoms. The average Bonchev–Trinajstić information content (AvgIpc) is 2.36. The summed E-state index contributed by atoms with van der Waals surface area (Å²) in [6, 6.07) is 2.94.